The van der Waals surface area contributed by atoms with Crippen LogP contribution in [0.3, 0.4) is 0 Å². The summed E-state index contributed by atoms with van der Waals surface area (Å²) in [5.74, 6) is 0. The van der Waals surface area contributed by atoms with Crippen LogP contribution in [0.5, 0.6) is 0 Å². The van der Waals surface area contributed by atoms with E-state index in [9.17, 15) is 0 Å². The van der Waals surface area contributed by atoms with Gasteiger partial charge in [0, 0.05) is 5.69 Å². The first-order chi connectivity index (χ1) is 12.3. The third-order valence-electron chi connectivity index (χ3n) is 5.28. The quantitative estimate of drug-likeness (QED) is 0.249. The maximum Gasteiger partial charge on any atom is 0.0320 e. The molecule has 2 N–H and O–H groups in total. The molecule has 0 saturated carbocycles. The highest BCUT2D eigenvalue weighted by atomic mass is 14.5. The van der Waals surface area contributed by atoms with E-state index in [0.717, 1.165) is 12.1 Å². The summed E-state index contributed by atoms with van der Waals surface area (Å²) in [4.78, 5) is 0. The number of hydrogen-bond acceptors (Lipinski definition) is 1. The molecule has 3 aromatic rings. The molecule has 0 aliphatic rings. The van der Waals surface area contributed by atoms with Gasteiger partial charge in [0.2, 0.25) is 0 Å². The molecule has 0 amide bonds. The van der Waals surface area contributed by atoms with Gasteiger partial charge in [0.25, 0.3) is 0 Å². The van der Waals surface area contributed by atoms with Gasteiger partial charge < -0.3 is 5.73 Å². The lowest BCUT2D eigenvalue weighted by Gasteiger charge is -2.12. The largest absolute Gasteiger partial charge is 0.399 e. The van der Waals surface area contributed by atoms with E-state index in [2.05, 4.69) is 49.4 Å². The summed E-state index contributed by atoms with van der Waals surface area (Å²) in [5.41, 5.74) is 8.41. The van der Waals surface area contributed by atoms with Crippen molar-refractivity contribution in [2.24, 2.45) is 0 Å². The van der Waals surface area contributed by atoms with E-state index >= 15 is 0 Å². The summed E-state index contributed by atoms with van der Waals surface area (Å²) in [6.45, 7) is 2.28. The number of fused-ring (bicyclic) bond motifs is 2. The summed E-state index contributed by atoms with van der Waals surface area (Å²) in [5, 5.41) is 5.38. The molecule has 0 aliphatic carbocycles. The zero-order valence-corrected chi connectivity index (χ0v) is 15.6. The Morgan fingerprint density at radius 2 is 1.36 bits per heavy atom. The molecule has 0 saturated heterocycles. The Hall–Kier alpha value is -2.02. The molecule has 3 rings (SSSR count). The summed E-state index contributed by atoms with van der Waals surface area (Å²) in [7, 11) is 0. The summed E-state index contributed by atoms with van der Waals surface area (Å²) in [6.07, 6.45) is 12.0. The highest BCUT2D eigenvalue weighted by Crippen LogP contribution is 2.31. The van der Waals surface area contributed by atoms with Crippen LogP contribution in [0.1, 0.15) is 63.9 Å². The summed E-state index contributed by atoms with van der Waals surface area (Å²) < 4.78 is 0. The van der Waals surface area contributed by atoms with Gasteiger partial charge in [-0.1, -0.05) is 82.2 Å². The predicted molar refractivity (Wildman–Crippen MR) is 112 cm³/mol. The van der Waals surface area contributed by atoms with Crippen LogP contribution in [-0.2, 0) is 6.42 Å². The van der Waals surface area contributed by atoms with E-state index in [1.807, 2.05) is 6.07 Å². The second-order valence-electron chi connectivity index (χ2n) is 7.28. The molecule has 132 valence electrons. The van der Waals surface area contributed by atoms with Gasteiger partial charge >= 0.3 is 0 Å². The standard InChI is InChI=1S/C24H31N/c1-2-3-4-5-6-7-8-9-14-23-22-13-11-10-12-19(22)17-20-15-16-21(25)18-24(20)23/h10-13,15-18H,2-9,14,25H2,1H3. The van der Waals surface area contributed by atoms with Gasteiger partial charge in [-0.2, -0.15) is 0 Å². The molecular formula is C24H31N. The average Bonchev–Trinajstić information content (AvgIpc) is 2.63. The minimum atomic E-state index is 0.861. The van der Waals surface area contributed by atoms with Gasteiger partial charge in [0.15, 0.2) is 0 Å². The predicted octanol–water partition coefficient (Wildman–Crippen LogP) is 7.26. The van der Waals surface area contributed by atoms with Crippen molar-refractivity contribution < 1.29 is 0 Å². The van der Waals surface area contributed by atoms with Crippen LogP contribution in [0.25, 0.3) is 21.5 Å². The van der Waals surface area contributed by atoms with E-state index in [4.69, 9.17) is 5.73 Å². The first kappa shape index (κ1) is 17.8. The van der Waals surface area contributed by atoms with Crippen LogP contribution >= 0.6 is 0 Å². The molecule has 25 heavy (non-hydrogen) atoms. The molecule has 0 aliphatic heterocycles. The van der Waals surface area contributed by atoms with Crippen molar-refractivity contribution in [3.8, 4) is 0 Å². The Morgan fingerprint density at radius 3 is 2.16 bits per heavy atom. The van der Waals surface area contributed by atoms with Crippen molar-refractivity contribution in [3.05, 3.63) is 54.1 Å². The zero-order chi connectivity index (χ0) is 17.5. The van der Waals surface area contributed by atoms with E-state index in [1.165, 1.54) is 78.5 Å². The van der Waals surface area contributed by atoms with E-state index in [-0.39, 0.29) is 0 Å². The fourth-order valence-corrected chi connectivity index (χ4v) is 3.88. The molecule has 0 aromatic heterocycles. The number of nitrogen functional groups attached to an aromatic ring is 1. The minimum absolute atomic E-state index is 0.861. The van der Waals surface area contributed by atoms with Crippen LogP contribution in [0.15, 0.2) is 48.5 Å². The Kier molecular flexibility index (Phi) is 6.33. The maximum absolute atomic E-state index is 6.07. The lowest BCUT2D eigenvalue weighted by atomic mass is 9.93. The van der Waals surface area contributed by atoms with Gasteiger partial charge in [-0.05, 0) is 58.1 Å². The molecule has 0 radical (unpaired) electrons. The number of benzene rings is 3. The lowest BCUT2D eigenvalue weighted by molar-refractivity contribution is 0.576. The Bertz CT molecular complexity index is 819. The lowest BCUT2D eigenvalue weighted by Crippen LogP contribution is -1.93. The third kappa shape index (κ3) is 4.54. The molecule has 3 aromatic carbocycles. The second-order valence-corrected chi connectivity index (χ2v) is 7.28. The van der Waals surface area contributed by atoms with Crippen LogP contribution in [-0.4, -0.2) is 0 Å². The molecule has 0 spiro atoms. The summed E-state index contributed by atoms with van der Waals surface area (Å²) in [6, 6.07) is 17.4. The second kappa shape index (κ2) is 8.89. The minimum Gasteiger partial charge on any atom is -0.399 e. The van der Waals surface area contributed by atoms with Gasteiger partial charge in [0.1, 0.15) is 0 Å². The van der Waals surface area contributed by atoms with Crippen LogP contribution < -0.4 is 5.73 Å². The normalized spacial score (nSPS) is 11.4. The van der Waals surface area contributed by atoms with Crippen molar-refractivity contribution in [1.82, 2.24) is 0 Å². The fourth-order valence-electron chi connectivity index (χ4n) is 3.88. The van der Waals surface area contributed by atoms with Crippen molar-refractivity contribution in [2.75, 3.05) is 5.73 Å². The highest BCUT2D eigenvalue weighted by molar-refractivity contribution is 6.03. The number of unbranched alkanes of at least 4 members (excludes halogenated alkanes) is 7. The Morgan fingerprint density at radius 1 is 0.680 bits per heavy atom. The topological polar surface area (TPSA) is 26.0 Å². The average molecular weight is 334 g/mol. The van der Waals surface area contributed by atoms with Crippen molar-refractivity contribution in [2.45, 2.75) is 64.7 Å². The SMILES string of the molecule is CCCCCCCCCCc1c2ccccc2cc2ccc(N)cc12. The Balaban J connectivity index is 1.71. The van der Waals surface area contributed by atoms with E-state index in [0.29, 0.717) is 0 Å². The van der Waals surface area contributed by atoms with Crippen LogP contribution in [0.4, 0.5) is 5.69 Å². The monoisotopic (exact) mass is 333 g/mol. The molecule has 0 atom stereocenters. The van der Waals surface area contributed by atoms with E-state index in [1.54, 1.807) is 0 Å². The Labute approximate surface area is 152 Å². The third-order valence-corrected chi connectivity index (χ3v) is 5.28. The number of nitrogens with two attached hydrogens (primary N) is 1. The molecule has 0 fully saturated rings. The molecule has 1 nitrogen and oxygen atoms in total. The molecular weight excluding hydrogens is 302 g/mol. The van der Waals surface area contributed by atoms with Crippen LogP contribution in [0.2, 0.25) is 0 Å². The highest BCUT2D eigenvalue weighted by Gasteiger charge is 2.08. The smallest absolute Gasteiger partial charge is 0.0320 e. The van der Waals surface area contributed by atoms with E-state index < -0.39 is 0 Å². The molecule has 0 heterocycles. The maximum atomic E-state index is 6.07. The van der Waals surface area contributed by atoms with Crippen molar-refractivity contribution in [1.29, 1.82) is 0 Å². The first-order valence-corrected chi connectivity index (χ1v) is 9.99. The van der Waals surface area contributed by atoms with Gasteiger partial charge in [-0.15, -0.1) is 0 Å². The molecule has 1 heteroatoms. The molecule has 0 unspecified atom stereocenters. The van der Waals surface area contributed by atoms with Gasteiger partial charge in [-0.25, -0.2) is 0 Å². The fraction of sp³-hybridized carbons (Fsp3) is 0.417. The summed E-state index contributed by atoms with van der Waals surface area (Å²) >= 11 is 0. The zero-order valence-electron chi connectivity index (χ0n) is 15.6. The van der Waals surface area contributed by atoms with Crippen LogP contribution in [0, 0.1) is 0 Å². The number of anilines is 1. The first-order valence-electron chi connectivity index (χ1n) is 9.99. The van der Waals surface area contributed by atoms with Crippen molar-refractivity contribution >= 4 is 27.2 Å². The number of aryl methyl sites for hydroxylation is 1. The van der Waals surface area contributed by atoms with Gasteiger partial charge in [-0.3, -0.25) is 0 Å². The number of hydrogen-bond donors (Lipinski definition) is 1. The number of rotatable bonds is 9. The van der Waals surface area contributed by atoms with Crippen molar-refractivity contribution in [3.63, 3.8) is 0 Å². The van der Waals surface area contributed by atoms with Gasteiger partial charge in [0.05, 0.1) is 0 Å². The molecule has 0 bridgehead atoms.